The number of aliphatic hydroxyl groups excluding tert-OH is 4. The molecule has 14 heavy (non-hydrogen) atoms. The number of carbonyl (C=O) groups is 2. The van der Waals surface area contributed by atoms with Crippen molar-refractivity contribution in [2.75, 3.05) is 0 Å². The molecule has 0 spiro atoms. The molecule has 0 aromatic rings. The summed E-state index contributed by atoms with van der Waals surface area (Å²) < 4.78 is 0. The highest BCUT2D eigenvalue weighted by Gasteiger charge is 2.30. The minimum absolute atomic E-state index is 0. The fourth-order valence-corrected chi connectivity index (χ4v) is 0.609. The zero-order valence-corrected chi connectivity index (χ0v) is 7.40. The number of aldehydes is 1. The van der Waals surface area contributed by atoms with Crippen molar-refractivity contribution >= 4 is 12.3 Å². The Bertz CT molecular complexity index is 197. The topological polar surface area (TPSA) is 175 Å². The van der Waals surface area contributed by atoms with Crippen molar-refractivity contribution in [1.29, 1.82) is 0 Å². The van der Waals surface area contributed by atoms with E-state index in [4.69, 9.17) is 20.4 Å². The van der Waals surface area contributed by atoms with Crippen LogP contribution >= 0.6 is 0 Å². The molecule has 0 aromatic carbocycles. The van der Waals surface area contributed by atoms with Crippen molar-refractivity contribution < 1.29 is 35.1 Å². The number of quaternary nitrogens is 1. The van der Waals surface area contributed by atoms with Gasteiger partial charge in [0.15, 0.2) is 6.29 Å². The van der Waals surface area contributed by atoms with Gasteiger partial charge in [0.2, 0.25) is 0 Å². The van der Waals surface area contributed by atoms with E-state index < -0.39 is 30.4 Å². The molecule has 0 bridgehead atoms. The Kier molecular flexibility index (Phi) is 7.05. The number of carboxylic acid groups (broad SMARTS) is 1. The highest BCUT2D eigenvalue weighted by molar-refractivity contribution is 5.70. The van der Waals surface area contributed by atoms with E-state index in [2.05, 4.69) is 0 Å². The predicted molar refractivity (Wildman–Crippen MR) is 41.1 cm³/mol. The maximum absolute atomic E-state index is 9.95. The number of carbonyl (C=O) groups excluding carboxylic acids is 2. The lowest BCUT2D eigenvalue weighted by molar-refractivity contribution is -0.320. The van der Waals surface area contributed by atoms with Crippen molar-refractivity contribution in [3.63, 3.8) is 0 Å². The Labute approximate surface area is 79.0 Å². The van der Waals surface area contributed by atoms with Crippen LogP contribution in [0.3, 0.4) is 0 Å². The first-order valence-electron chi connectivity index (χ1n) is 3.30. The molecule has 0 heterocycles. The molecular formula is C6H13NO7. The van der Waals surface area contributed by atoms with E-state index in [1.807, 2.05) is 0 Å². The molecule has 0 unspecified atom stereocenters. The Morgan fingerprint density at radius 2 is 1.57 bits per heavy atom. The molecule has 4 atom stereocenters. The number of hydrogen-bond donors (Lipinski definition) is 5. The Morgan fingerprint density at radius 1 is 1.14 bits per heavy atom. The second-order valence-corrected chi connectivity index (χ2v) is 2.37. The van der Waals surface area contributed by atoms with E-state index in [9.17, 15) is 14.7 Å². The summed E-state index contributed by atoms with van der Waals surface area (Å²) in [5, 5.41) is 44.8. The van der Waals surface area contributed by atoms with E-state index in [1.165, 1.54) is 0 Å². The molecule has 8 heteroatoms. The summed E-state index contributed by atoms with van der Waals surface area (Å²) in [5.41, 5.74) is 0. The van der Waals surface area contributed by atoms with Crippen molar-refractivity contribution in [1.82, 2.24) is 6.15 Å². The lowest BCUT2D eigenvalue weighted by atomic mass is 10.0. The van der Waals surface area contributed by atoms with E-state index >= 15 is 0 Å². The average molecular weight is 211 g/mol. The van der Waals surface area contributed by atoms with E-state index in [1.54, 1.807) is 0 Å². The van der Waals surface area contributed by atoms with Crippen LogP contribution in [0.4, 0.5) is 0 Å². The molecule has 0 saturated carbocycles. The van der Waals surface area contributed by atoms with Crippen molar-refractivity contribution in [2.45, 2.75) is 24.4 Å². The maximum Gasteiger partial charge on any atom is 0.151 e. The molecule has 0 saturated heterocycles. The lowest BCUT2D eigenvalue weighted by Gasteiger charge is -2.24. The number of carboxylic acids is 1. The molecule has 0 aliphatic carbocycles. The molecule has 8 N–H and O–H groups in total. The Balaban J connectivity index is 0. The predicted octanol–water partition coefficient (Wildman–Crippen LogP) is -4.24. The summed E-state index contributed by atoms with van der Waals surface area (Å²) in [5.74, 6) is -2.01. The fourth-order valence-electron chi connectivity index (χ4n) is 0.609. The van der Waals surface area contributed by atoms with E-state index in [-0.39, 0.29) is 12.4 Å². The summed E-state index contributed by atoms with van der Waals surface area (Å²) in [7, 11) is 0. The first-order chi connectivity index (χ1) is 5.91. The van der Waals surface area contributed by atoms with Crippen LogP contribution < -0.4 is 11.3 Å². The van der Waals surface area contributed by atoms with Crippen LogP contribution in [-0.4, -0.2) is 57.1 Å². The fraction of sp³-hybridized carbons (Fsp3) is 0.667. The van der Waals surface area contributed by atoms with Crippen LogP contribution in [0, 0.1) is 0 Å². The second-order valence-electron chi connectivity index (χ2n) is 2.37. The highest BCUT2D eigenvalue weighted by atomic mass is 16.4. The third-order valence-electron chi connectivity index (χ3n) is 1.40. The largest absolute Gasteiger partial charge is 0.547 e. The quantitative estimate of drug-likeness (QED) is 0.286. The normalized spacial score (nSPS) is 18.6. The molecule has 84 valence electrons. The maximum atomic E-state index is 9.95. The minimum Gasteiger partial charge on any atom is -0.547 e. The Hall–Kier alpha value is -1.06. The van der Waals surface area contributed by atoms with Gasteiger partial charge in [-0.15, -0.1) is 0 Å². The number of aliphatic carboxylic acids is 1. The molecule has 0 amide bonds. The standard InChI is InChI=1S/C6H10O7.H3N/c7-1-2(8)3(9)4(10)5(11)6(12)13;/h1-5,8-11H,(H,12,13);1H3/t2-,3+,4-,5-;/m1./s1. The van der Waals surface area contributed by atoms with Gasteiger partial charge in [0.1, 0.15) is 24.4 Å². The third-order valence-corrected chi connectivity index (χ3v) is 1.40. The summed E-state index contributed by atoms with van der Waals surface area (Å²) in [4.78, 5) is 19.8. The van der Waals surface area contributed by atoms with Gasteiger partial charge >= 0.3 is 0 Å². The van der Waals surface area contributed by atoms with Crippen molar-refractivity contribution in [3.8, 4) is 0 Å². The summed E-state index contributed by atoms with van der Waals surface area (Å²) >= 11 is 0. The average Bonchev–Trinajstić information content (AvgIpc) is 2.12. The van der Waals surface area contributed by atoms with Crippen molar-refractivity contribution in [3.05, 3.63) is 0 Å². The second kappa shape index (κ2) is 6.40. The highest BCUT2D eigenvalue weighted by Crippen LogP contribution is 2.03. The zero-order chi connectivity index (χ0) is 10.6. The molecule has 0 aliphatic rings. The molecule has 0 radical (unpaired) electrons. The molecular weight excluding hydrogens is 198 g/mol. The van der Waals surface area contributed by atoms with Gasteiger partial charge in [-0.3, -0.25) is 0 Å². The molecule has 0 fully saturated rings. The lowest BCUT2D eigenvalue weighted by Crippen LogP contribution is -2.52. The molecule has 8 nitrogen and oxygen atoms in total. The van der Waals surface area contributed by atoms with Crippen LogP contribution in [0.2, 0.25) is 0 Å². The third kappa shape index (κ3) is 3.77. The Morgan fingerprint density at radius 3 is 1.86 bits per heavy atom. The van der Waals surface area contributed by atoms with Gasteiger partial charge in [-0.2, -0.15) is 0 Å². The molecule has 0 aliphatic heterocycles. The van der Waals surface area contributed by atoms with Crippen LogP contribution in [0.5, 0.6) is 0 Å². The van der Waals surface area contributed by atoms with E-state index in [0.29, 0.717) is 0 Å². The number of rotatable bonds is 5. The molecule has 0 aromatic heterocycles. The monoisotopic (exact) mass is 211 g/mol. The van der Waals surface area contributed by atoms with Crippen LogP contribution in [0.15, 0.2) is 0 Å². The van der Waals surface area contributed by atoms with Gasteiger partial charge < -0.3 is 41.3 Å². The van der Waals surface area contributed by atoms with Crippen LogP contribution in [-0.2, 0) is 9.59 Å². The molecule has 0 rings (SSSR count). The zero-order valence-electron chi connectivity index (χ0n) is 7.40. The summed E-state index contributed by atoms with van der Waals surface area (Å²) in [6.45, 7) is 0. The van der Waals surface area contributed by atoms with E-state index in [0.717, 1.165) is 0 Å². The first kappa shape index (κ1) is 15.4. The van der Waals surface area contributed by atoms with Gasteiger partial charge in [0.25, 0.3) is 0 Å². The van der Waals surface area contributed by atoms with Gasteiger partial charge in [-0.25, -0.2) is 0 Å². The van der Waals surface area contributed by atoms with Gasteiger partial charge in [-0.1, -0.05) is 0 Å². The summed E-state index contributed by atoms with van der Waals surface area (Å²) in [6.07, 6.45) is -8.65. The summed E-state index contributed by atoms with van der Waals surface area (Å²) in [6, 6.07) is 0. The van der Waals surface area contributed by atoms with Crippen molar-refractivity contribution in [2.24, 2.45) is 0 Å². The van der Waals surface area contributed by atoms with Crippen LogP contribution in [0.1, 0.15) is 0 Å². The minimum atomic E-state index is -2.36. The number of aliphatic hydroxyl groups is 4. The van der Waals surface area contributed by atoms with Gasteiger partial charge in [-0.05, 0) is 0 Å². The SMILES string of the molecule is O=C[C@@H](O)[C@H](O)[C@@H](O)[C@@H](O)C(=O)[O-].[NH4+]. The smallest absolute Gasteiger partial charge is 0.151 e. The van der Waals surface area contributed by atoms with Gasteiger partial charge in [0.05, 0.1) is 5.97 Å². The first-order valence-corrected chi connectivity index (χ1v) is 3.30. The van der Waals surface area contributed by atoms with Crippen LogP contribution in [0.25, 0.3) is 0 Å². The number of hydrogen-bond acceptors (Lipinski definition) is 7. The van der Waals surface area contributed by atoms with Gasteiger partial charge in [0, 0.05) is 0 Å².